The number of hydrogen-bond acceptors (Lipinski definition) is 6. The van der Waals surface area contributed by atoms with Gasteiger partial charge in [0.15, 0.2) is 0 Å². The van der Waals surface area contributed by atoms with Crippen LogP contribution < -0.4 is 5.32 Å². The number of carbonyl (C=O) groups is 1. The number of amides is 1. The van der Waals surface area contributed by atoms with Gasteiger partial charge in [0.2, 0.25) is 25.2 Å². The van der Waals surface area contributed by atoms with E-state index in [1.165, 1.54) is 24.3 Å². The molecular weight excluding hydrogens is 448 g/mol. The summed E-state index contributed by atoms with van der Waals surface area (Å²) in [5.41, 5.74) is 0.107. The normalized spacial score (nSPS) is 20.5. The third-order valence-electron chi connectivity index (χ3n) is 4.67. The van der Waals surface area contributed by atoms with Gasteiger partial charge in [0.1, 0.15) is 10.3 Å². The van der Waals surface area contributed by atoms with Crippen molar-refractivity contribution in [3.63, 3.8) is 0 Å². The smallest absolute Gasteiger partial charge is 0.234 e. The van der Waals surface area contributed by atoms with Gasteiger partial charge in [-0.1, -0.05) is 60.5 Å². The Hall–Kier alpha value is -1.55. The van der Waals surface area contributed by atoms with Crippen LogP contribution in [0.1, 0.15) is 19.4 Å². The fraction of sp³-hybridized carbons (Fsp3) is 0.353. The zero-order valence-electron chi connectivity index (χ0n) is 14.8. The van der Waals surface area contributed by atoms with Crippen molar-refractivity contribution in [3.8, 4) is 0 Å². The summed E-state index contributed by atoms with van der Waals surface area (Å²) in [4.78, 5) is 12.5. The van der Waals surface area contributed by atoms with Crippen molar-refractivity contribution in [3.05, 3.63) is 46.2 Å². The van der Waals surface area contributed by atoms with E-state index in [4.69, 9.17) is 23.2 Å². The fourth-order valence-electron chi connectivity index (χ4n) is 3.06. The molecule has 1 N–H and O–H groups in total. The number of carbonyl (C=O) groups excluding carboxylic acids is 1. The highest BCUT2D eigenvalue weighted by molar-refractivity contribution is 7.92. The van der Waals surface area contributed by atoms with Crippen molar-refractivity contribution in [2.75, 3.05) is 5.32 Å². The summed E-state index contributed by atoms with van der Waals surface area (Å²) in [5, 5.41) is 10.1. The minimum absolute atomic E-state index is 0.0880. The molecule has 1 aromatic carbocycles. The number of nitrogens with zero attached hydrogens (tertiary/aromatic N) is 2. The third-order valence-corrected chi connectivity index (χ3v) is 7.90. The molecule has 6 nitrogen and oxygen atoms in total. The molecule has 2 atom stereocenters. The number of rotatable bonds is 6. The van der Waals surface area contributed by atoms with Gasteiger partial charge in [-0.2, -0.15) is 0 Å². The first-order chi connectivity index (χ1) is 13.0. The molecule has 0 saturated heterocycles. The van der Waals surface area contributed by atoms with Gasteiger partial charge in [0.05, 0.1) is 11.7 Å². The summed E-state index contributed by atoms with van der Waals surface area (Å²) in [6.07, 6.45) is 1.62. The van der Waals surface area contributed by atoms with Crippen LogP contribution in [0.15, 0.2) is 39.2 Å². The lowest BCUT2D eigenvalue weighted by Crippen LogP contribution is -2.16. The van der Waals surface area contributed by atoms with Crippen molar-refractivity contribution in [1.82, 2.24) is 10.2 Å². The Balaban J connectivity index is 1.69. The molecule has 0 aliphatic heterocycles. The maximum Gasteiger partial charge on any atom is 0.234 e. The Morgan fingerprint density at radius 3 is 2.54 bits per heavy atom. The first-order valence-corrected chi connectivity index (χ1v) is 11.4. The average molecular weight is 464 g/mol. The van der Waals surface area contributed by atoms with Crippen LogP contribution >= 0.6 is 34.5 Å². The van der Waals surface area contributed by atoms with E-state index in [-0.39, 0.29) is 42.9 Å². The minimum atomic E-state index is -3.77. The highest BCUT2D eigenvalue weighted by Crippen LogP contribution is 2.60. The van der Waals surface area contributed by atoms with Crippen molar-refractivity contribution in [2.24, 2.45) is 17.3 Å². The summed E-state index contributed by atoms with van der Waals surface area (Å²) in [6, 6.07) is 5.15. The number of benzene rings is 1. The lowest BCUT2D eigenvalue weighted by atomic mass is 10.1. The van der Waals surface area contributed by atoms with Gasteiger partial charge in [-0.3, -0.25) is 4.79 Å². The number of nitrogens with one attached hydrogen (secondary N) is 1. The summed E-state index contributed by atoms with van der Waals surface area (Å²) >= 11 is 12.1. The molecule has 1 fully saturated rings. The number of anilines is 1. The molecule has 1 aliphatic carbocycles. The lowest BCUT2D eigenvalue weighted by Gasteiger charge is -2.02. The Kier molecular flexibility index (Phi) is 5.82. The maximum atomic E-state index is 13.0. The van der Waals surface area contributed by atoms with Crippen molar-refractivity contribution in [2.45, 2.75) is 23.9 Å². The van der Waals surface area contributed by atoms with E-state index >= 15 is 0 Å². The molecule has 0 radical (unpaired) electrons. The van der Waals surface area contributed by atoms with Crippen LogP contribution in [-0.2, 0) is 20.4 Å². The van der Waals surface area contributed by atoms with Crippen LogP contribution in [0, 0.1) is 23.1 Å². The Morgan fingerprint density at radius 2 is 1.93 bits per heavy atom. The quantitative estimate of drug-likeness (QED) is 0.648. The van der Waals surface area contributed by atoms with Gasteiger partial charge >= 0.3 is 0 Å². The molecule has 1 amide bonds. The molecule has 1 heterocycles. The van der Waals surface area contributed by atoms with Crippen molar-refractivity contribution < 1.29 is 17.6 Å². The predicted molar refractivity (Wildman–Crippen MR) is 106 cm³/mol. The molecule has 1 aromatic heterocycles. The zero-order valence-corrected chi connectivity index (χ0v) is 18.0. The second-order valence-electron chi connectivity index (χ2n) is 7.03. The zero-order chi connectivity index (χ0) is 20.7. The monoisotopic (exact) mass is 463 g/mol. The molecule has 150 valence electrons. The van der Waals surface area contributed by atoms with Crippen LogP contribution in [0.5, 0.6) is 0 Å². The van der Waals surface area contributed by atoms with Crippen LogP contribution in [0.3, 0.4) is 0 Å². The van der Waals surface area contributed by atoms with E-state index in [0.29, 0.717) is 5.56 Å². The van der Waals surface area contributed by atoms with Gasteiger partial charge in [-0.25, -0.2) is 12.8 Å². The first-order valence-electron chi connectivity index (χ1n) is 8.15. The minimum Gasteiger partial charge on any atom is -0.300 e. The summed E-state index contributed by atoms with van der Waals surface area (Å²) in [5.74, 6) is -1.57. The Labute approximate surface area is 175 Å². The topological polar surface area (TPSA) is 89.0 Å². The van der Waals surface area contributed by atoms with Gasteiger partial charge in [0, 0.05) is 0 Å². The van der Waals surface area contributed by atoms with Gasteiger partial charge in [-0.15, -0.1) is 10.2 Å². The molecule has 11 heteroatoms. The van der Waals surface area contributed by atoms with E-state index in [1.807, 2.05) is 13.8 Å². The third kappa shape index (κ3) is 4.53. The lowest BCUT2D eigenvalue weighted by molar-refractivity contribution is -0.118. The SMILES string of the molecule is CC1(C)[C@@H](C=C(Cl)Cl)[C@@H]1C(=O)Nc1nnc(S(=O)(=O)Cc2ccc(F)cc2)s1. The largest absolute Gasteiger partial charge is 0.300 e. The predicted octanol–water partition coefficient (Wildman–Crippen LogP) is 4.18. The molecule has 0 spiro atoms. The second-order valence-corrected chi connectivity index (χ2v) is 11.2. The molecule has 3 rings (SSSR count). The van der Waals surface area contributed by atoms with Crippen LogP contribution in [0.2, 0.25) is 0 Å². The molecule has 1 aliphatic rings. The Bertz CT molecular complexity index is 1030. The Morgan fingerprint density at radius 1 is 1.29 bits per heavy atom. The fourth-order valence-corrected chi connectivity index (χ4v) is 5.65. The van der Waals surface area contributed by atoms with Crippen molar-refractivity contribution >= 4 is 55.4 Å². The van der Waals surface area contributed by atoms with Crippen LogP contribution in [0.25, 0.3) is 0 Å². The van der Waals surface area contributed by atoms with E-state index in [9.17, 15) is 17.6 Å². The van der Waals surface area contributed by atoms with E-state index in [2.05, 4.69) is 15.5 Å². The molecule has 0 bridgehead atoms. The number of allylic oxidation sites excluding steroid dienone is 1. The number of sulfone groups is 1. The molecule has 28 heavy (non-hydrogen) atoms. The standard InChI is InChI=1S/C17H16Cl2FN3O3S2/c1-17(2)11(7-12(18)19)13(17)14(24)21-15-22-23-16(27-15)28(25,26)8-9-3-5-10(20)6-4-9/h3-7,11,13H,8H2,1-2H3,(H,21,22,24)/t11-,13+/m0/s1. The van der Waals surface area contributed by atoms with E-state index in [1.54, 1.807) is 6.08 Å². The highest BCUT2D eigenvalue weighted by atomic mass is 35.5. The number of halogens is 3. The first kappa shape index (κ1) is 21.2. The van der Waals surface area contributed by atoms with E-state index < -0.39 is 15.7 Å². The van der Waals surface area contributed by atoms with Gasteiger partial charge in [-0.05, 0) is 35.1 Å². The molecular formula is C17H16Cl2FN3O3S2. The van der Waals surface area contributed by atoms with Gasteiger partial charge in [0.25, 0.3) is 0 Å². The average Bonchev–Trinajstić information content (AvgIpc) is 2.93. The number of hydrogen-bond donors (Lipinski definition) is 1. The summed E-state index contributed by atoms with van der Waals surface area (Å²) < 4.78 is 37.8. The second kappa shape index (κ2) is 7.70. The van der Waals surface area contributed by atoms with E-state index in [0.717, 1.165) is 11.3 Å². The molecule has 2 aromatic rings. The maximum absolute atomic E-state index is 13.0. The van der Waals surface area contributed by atoms with Crippen LogP contribution in [0.4, 0.5) is 9.52 Å². The van der Waals surface area contributed by atoms with Crippen molar-refractivity contribution in [1.29, 1.82) is 0 Å². The highest BCUT2D eigenvalue weighted by Gasteiger charge is 2.60. The molecule has 1 saturated carbocycles. The number of aromatic nitrogens is 2. The molecule has 0 unspecified atom stereocenters. The van der Waals surface area contributed by atoms with Crippen LogP contribution in [-0.4, -0.2) is 24.5 Å². The van der Waals surface area contributed by atoms with Gasteiger partial charge < -0.3 is 5.32 Å². The summed E-state index contributed by atoms with van der Waals surface area (Å²) in [6.45, 7) is 3.82. The summed E-state index contributed by atoms with van der Waals surface area (Å²) in [7, 11) is -3.77.